The molecule has 0 aromatic rings. The lowest BCUT2D eigenvalue weighted by Gasteiger charge is -2.18. The van der Waals surface area contributed by atoms with Gasteiger partial charge in [0.05, 0.1) is 0 Å². The van der Waals surface area contributed by atoms with Crippen molar-refractivity contribution in [3.63, 3.8) is 0 Å². The second kappa shape index (κ2) is 53.2. The number of hydrogen-bond donors (Lipinski definition) is 0. The molecule has 0 heterocycles. The lowest BCUT2D eigenvalue weighted by Crippen LogP contribution is -2.30. The summed E-state index contributed by atoms with van der Waals surface area (Å²) in [7, 11) is 0. The van der Waals surface area contributed by atoms with Crippen molar-refractivity contribution in [3.8, 4) is 0 Å². The third-order valence-corrected chi connectivity index (χ3v) is 11.4. The fraction of sp³-hybridized carbons (Fsp3) is 0.712. The molecule has 0 aliphatic heterocycles. The largest absolute Gasteiger partial charge is 0.462 e. The molecule has 0 aromatic carbocycles. The van der Waals surface area contributed by atoms with E-state index in [0.717, 1.165) is 122 Å². The van der Waals surface area contributed by atoms with Crippen molar-refractivity contribution in [2.75, 3.05) is 13.2 Å². The number of ether oxygens (including phenoxy) is 3. The highest BCUT2D eigenvalue weighted by Gasteiger charge is 2.19. The van der Waals surface area contributed by atoms with Gasteiger partial charge in [-0.1, -0.05) is 221 Å². The molecule has 0 aliphatic carbocycles. The topological polar surface area (TPSA) is 78.9 Å². The van der Waals surface area contributed by atoms with Crippen LogP contribution >= 0.6 is 0 Å². The van der Waals surface area contributed by atoms with Crippen molar-refractivity contribution in [1.82, 2.24) is 0 Å². The van der Waals surface area contributed by atoms with Gasteiger partial charge in [-0.25, -0.2) is 0 Å². The molecule has 0 rings (SSSR count). The van der Waals surface area contributed by atoms with Gasteiger partial charge < -0.3 is 14.2 Å². The van der Waals surface area contributed by atoms with Gasteiger partial charge in [-0.15, -0.1) is 0 Å². The molecular weight excluding hydrogens is 805 g/mol. The van der Waals surface area contributed by atoms with E-state index in [2.05, 4.69) is 106 Å². The first-order valence-corrected chi connectivity index (χ1v) is 27.1. The zero-order chi connectivity index (χ0) is 47.2. The highest BCUT2D eigenvalue weighted by atomic mass is 16.6. The SMILES string of the molecule is CC/C=C\C/C=C\C/C=C\C/C=C\C/C=C\C/C=C\CCCCCCC(=O)OCC(COC(=O)CCCCCCCCCCC)OC(=O)CCCCCCC/C=C\CCCCCCCC. The molecule has 0 aromatic heterocycles. The van der Waals surface area contributed by atoms with Crippen LogP contribution < -0.4 is 0 Å². The first-order valence-electron chi connectivity index (χ1n) is 27.1. The number of esters is 3. The number of carbonyl (C=O) groups excluding carboxylic acids is 3. The van der Waals surface area contributed by atoms with Gasteiger partial charge in [0.1, 0.15) is 13.2 Å². The maximum absolute atomic E-state index is 12.8. The molecule has 372 valence electrons. The fourth-order valence-electron chi connectivity index (χ4n) is 7.32. The molecule has 0 aliphatic rings. The third-order valence-electron chi connectivity index (χ3n) is 11.4. The lowest BCUT2D eigenvalue weighted by molar-refractivity contribution is -0.167. The van der Waals surface area contributed by atoms with Gasteiger partial charge in [0.15, 0.2) is 6.10 Å². The number of unbranched alkanes of at least 4 members (excludes halogenated alkanes) is 23. The Labute approximate surface area is 401 Å². The van der Waals surface area contributed by atoms with E-state index in [9.17, 15) is 14.4 Å². The van der Waals surface area contributed by atoms with Crippen molar-refractivity contribution < 1.29 is 28.6 Å². The van der Waals surface area contributed by atoms with Gasteiger partial charge in [0.2, 0.25) is 0 Å². The van der Waals surface area contributed by atoms with E-state index in [0.29, 0.717) is 19.3 Å². The first kappa shape index (κ1) is 61.6. The second-order valence-corrected chi connectivity index (χ2v) is 17.8. The summed E-state index contributed by atoms with van der Waals surface area (Å²) in [5.74, 6) is -0.923. The minimum atomic E-state index is -0.789. The summed E-state index contributed by atoms with van der Waals surface area (Å²) in [4.78, 5) is 37.9. The molecular formula is C59H100O6. The average Bonchev–Trinajstić information content (AvgIpc) is 3.30. The number of rotatable bonds is 48. The summed E-state index contributed by atoms with van der Waals surface area (Å²) in [5.41, 5.74) is 0. The van der Waals surface area contributed by atoms with Gasteiger partial charge in [-0.05, 0) is 96.3 Å². The highest BCUT2D eigenvalue weighted by Crippen LogP contribution is 2.14. The maximum atomic E-state index is 12.8. The van der Waals surface area contributed by atoms with E-state index in [1.807, 2.05) is 0 Å². The van der Waals surface area contributed by atoms with Gasteiger partial charge in [0, 0.05) is 19.3 Å². The fourth-order valence-corrected chi connectivity index (χ4v) is 7.32. The van der Waals surface area contributed by atoms with Crippen LogP contribution in [0.2, 0.25) is 0 Å². The van der Waals surface area contributed by atoms with E-state index in [1.165, 1.54) is 89.9 Å². The quantitative estimate of drug-likeness (QED) is 0.0262. The Balaban J connectivity index is 4.36. The smallest absolute Gasteiger partial charge is 0.306 e. The molecule has 0 spiro atoms. The summed E-state index contributed by atoms with van der Waals surface area (Å²) >= 11 is 0. The van der Waals surface area contributed by atoms with Crippen LogP contribution in [0.3, 0.4) is 0 Å². The average molecular weight is 905 g/mol. The minimum Gasteiger partial charge on any atom is -0.462 e. The van der Waals surface area contributed by atoms with Crippen molar-refractivity contribution in [2.24, 2.45) is 0 Å². The van der Waals surface area contributed by atoms with Crippen molar-refractivity contribution >= 4 is 17.9 Å². The van der Waals surface area contributed by atoms with Crippen molar-refractivity contribution in [1.29, 1.82) is 0 Å². The molecule has 0 N–H and O–H groups in total. The van der Waals surface area contributed by atoms with Crippen LogP contribution in [0.15, 0.2) is 85.1 Å². The molecule has 0 amide bonds. The van der Waals surface area contributed by atoms with Crippen LogP contribution in [0.5, 0.6) is 0 Å². The molecule has 6 heteroatoms. The van der Waals surface area contributed by atoms with Crippen molar-refractivity contribution in [3.05, 3.63) is 85.1 Å². The summed E-state index contributed by atoms with van der Waals surface area (Å²) in [6, 6.07) is 0. The molecule has 0 saturated heterocycles. The Morgan fingerprint density at radius 1 is 0.323 bits per heavy atom. The Morgan fingerprint density at radius 3 is 0.954 bits per heavy atom. The highest BCUT2D eigenvalue weighted by molar-refractivity contribution is 5.71. The van der Waals surface area contributed by atoms with Crippen LogP contribution in [0, 0.1) is 0 Å². The minimum absolute atomic E-state index is 0.0870. The predicted molar refractivity (Wildman–Crippen MR) is 279 cm³/mol. The summed E-state index contributed by atoms with van der Waals surface area (Å²) < 4.78 is 16.8. The monoisotopic (exact) mass is 905 g/mol. The number of hydrogen-bond acceptors (Lipinski definition) is 6. The van der Waals surface area contributed by atoms with E-state index in [-0.39, 0.29) is 31.1 Å². The molecule has 0 saturated carbocycles. The summed E-state index contributed by atoms with van der Waals surface area (Å²) in [5, 5.41) is 0. The molecule has 0 bridgehead atoms. The molecule has 0 radical (unpaired) electrons. The van der Waals surface area contributed by atoms with Gasteiger partial charge in [0.25, 0.3) is 0 Å². The molecule has 6 nitrogen and oxygen atoms in total. The molecule has 65 heavy (non-hydrogen) atoms. The van der Waals surface area contributed by atoms with Gasteiger partial charge in [-0.3, -0.25) is 14.4 Å². The molecule has 1 atom stereocenters. The Kier molecular flexibility index (Phi) is 50.4. The van der Waals surface area contributed by atoms with Crippen molar-refractivity contribution in [2.45, 2.75) is 258 Å². The zero-order valence-corrected chi connectivity index (χ0v) is 42.5. The maximum Gasteiger partial charge on any atom is 0.306 e. The Hall–Kier alpha value is -3.41. The van der Waals surface area contributed by atoms with Crippen LogP contribution in [0.1, 0.15) is 252 Å². The van der Waals surface area contributed by atoms with E-state index in [4.69, 9.17) is 14.2 Å². The van der Waals surface area contributed by atoms with E-state index in [1.54, 1.807) is 0 Å². The van der Waals surface area contributed by atoms with Gasteiger partial charge in [-0.2, -0.15) is 0 Å². The first-order chi connectivity index (χ1) is 32.0. The van der Waals surface area contributed by atoms with E-state index < -0.39 is 6.10 Å². The molecule has 1 unspecified atom stereocenters. The summed E-state index contributed by atoms with van der Waals surface area (Å²) in [6.45, 7) is 6.47. The lowest BCUT2D eigenvalue weighted by atomic mass is 10.1. The third kappa shape index (κ3) is 51.4. The summed E-state index contributed by atoms with van der Waals surface area (Å²) in [6.07, 6.45) is 68.6. The number of allylic oxidation sites excluding steroid dienone is 14. The second-order valence-electron chi connectivity index (χ2n) is 17.8. The van der Waals surface area contributed by atoms with Crippen LogP contribution in [0.25, 0.3) is 0 Å². The number of carbonyl (C=O) groups is 3. The Bertz CT molecular complexity index is 1270. The van der Waals surface area contributed by atoms with Crippen LogP contribution in [-0.4, -0.2) is 37.2 Å². The molecule has 0 fully saturated rings. The van der Waals surface area contributed by atoms with Crippen LogP contribution in [-0.2, 0) is 28.6 Å². The van der Waals surface area contributed by atoms with E-state index >= 15 is 0 Å². The van der Waals surface area contributed by atoms with Gasteiger partial charge >= 0.3 is 17.9 Å². The normalized spacial score (nSPS) is 12.7. The Morgan fingerprint density at radius 2 is 0.600 bits per heavy atom. The zero-order valence-electron chi connectivity index (χ0n) is 42.5. The standard InChI is InChI=1S/C59H100O6/c1-4-7-10-13-16-19-21-23-25-26-27-28-29-30-31-32-34-35-37-40-43-46-49-52-58(61)64-55-56(54-63-57(60)51-48-45-42-39-18-15-12-9-6-3)65-59(62)53-50-47-44-41-38-36-33-24-22-20-17-14-11-8-5-2/h7,10,16,19,23-25,27-28,30-31,33-35,56H,4-6,8-9,11-15,17-18,20-22,26,29,32,36-55H2,1-3H3/b10-7-,19-16-,25-23-,28-27-,31-30-,33-24-,35-34-. The predicted octanol–water partition coefficient (Wildman–Crippen LogP) is 18.0. The van der Waals surface area contributed by atoms with Crippen LogP contribution in [0.4, 0.5) is 0 Å².